The summed E-state index contributed by atoms with van der Waals surface area (Å²) < 4.78 is 32.4. The van der Waals surface area contributed by atoms with Gasteiger partial charge in [0, 0.05) is 23.6 Å². The molecule has 4 nitrogen and oxygen atoms in total. The molecule has 2 aliphatic rings. The van der Waals surface area contributed by atoms with Crippen LogP contribution in [0.1, 0.15) is 37.2 Å². The third-order valence-corrected chi connectivity index (χ3v) is 5.80. The van der Waals surface area contributed by atoms with Gasteiger partial charge in [0.05, 0.1) is 11.9 Å². The third-order valence-electron chi connectivity index (χ3n) is 4.13. The van der Waals surface area contributed by atoms with Crippen molar-refractivity contribution in [2.24, 2.45) is 0 Å². The monoisotopic (exact) mass is 329 g/mol. The molecule has 1 aromatic rings. The lowest BCUT2D eigenvalue weighted by atomic mass is 10.1. The average Bonchev–Trinajstić information content (AvgIpc) is 2.99. The molecule has 0 spiro atoms. The predicted molar refractivity (Wildman–Crippen MR) is 83.1 cm³/mol. The molecule has 1 saturated heterocycles. The molecule has 0 amide bonds. The van der Waals surface area contributed by atoms with Crippen LogP contribution in [0.3, 0.4) is 0 Å². The Kier molecular flexibility index (Phi) is 4.54. The molecular weight excluding hydrogens is 310 g/mol. The average molecular weight is 330 g/mol. The van der Waals surface area contributed by atoms with Crippen LogP contribution in [0.25, 0.3) is 0 Å². The molecular formula is C15H20ClNO3S. The normalized spacial score (nSPS) is 28.7. The third kappa shape index (κ3) is 4.19. The van der Waals surface area contributed by atoms with Crippen molar-refractivity contribution in [3.63, 3.8) is 0 Å². The van der Waals surface area contributed by atoms with Gasteiger partial charge in [0.2, 0.25) is 10.0 Å². The van der Waals surface area contributed by atoms with Crippen molar-refractivity contribution in [1.82, 2.24) is 4.72 Å². The van der Waals surface area contributed by atoms with Gasteiger partial charge in [-0.25, -0.2) is 13.1 Å². The summed E-state index contributed by atoms with van der Waals surface area (Å²) in [7, 11) is -3.22. The van der Waals surface area contributed by atoms with Gasteiger partial charge in [0.1, 0.15) is 0 Å². The molecule has 1 aromatic carbocycles. The summed E-state index contributed by atoms with van der Waals surface area (Å²) in [6.45, 7) is 0.762. The summed E-state index contributed by atoms with van der Waals surface area (Å²) in [5, 5.41) is 0.694. The van der Waals surface area contributed by atoms with E-state index in [0.717, 1.165) is 31.4 Å². The van der Waals surface area contributed by atoms with Gasteiger partial charge in [0.25, 0.3) is 0 Å². The van der Waals surface area contributed by atoms with Crippen LogP contribution in [-0.4, -0.2) is 32.9 Å². The Hall–Kier alpha value is -0.620. The van der Waals surface area contributed by atoms with E-state index in [4.69, 9.17) is 16.3 Å². The summed E-state index contributed by atoms with van der Waals surface area (Å²) in [6.07, 6.45) is 3.56. The number of hydrogen-bond donors (Lipinski definition) is 1. The lowest BCUT2D eigenvalue weighted by molar-refractivity contribution is 0.109. The predicted octanol–water partition coefficient (Wildman–Crippen LogP) is 2.68. The van der Waals surface area contributed by atoms with E-state index in [1.165, 1.54) is 0 Å². The fourth-order valence-electron chi connectivity index (χ4n) is 2.88. The minimum absolute atomic E-state index is 0.0120. The van der Waals surface area contributed by atoms with Crippen LogP contribution >= 0.6 is 11.6 Å². The van der Waals surface area contributed by atoms with E-state index < -0.39 is 10.0 Å². The summed E-state index contributed by atoms with van der Waals surface area (Å²) in [5.41, 5.74) is 1.11. The molecule has 2 fully saturated rings. The van der Waals surface area contributed by atoms with Gasteiger partial charge in [-0.1, -0.05) is 23.7 Å². The first-order chi connectivity index (χ1) is 10.0. The number of nitrogens with one attached hydrogen (secondary N) is 1. The molecule has 3 atom stereocenters. The fraction of sp³-hybridized carbons (Fsp3) is 0.600. The molecule has 1 N–H and O–H groups in total. The second-order valence-corrected chi connectivity index (χ2v) is 8.17. The number of ether oxygens (including phenoxy) is 1. The number of halogens is 1. The van der Waals surface area contributed by atoms with Gasteiger partial charge in [-0.2, -0.15) is 0 Å². The smallest absolute Gasteiger partial charge is 0.211 e. The minimum Gasteiger partial charge on any atom is -0.378 e. The zero-order chi connectivity index (χ0) is 14.9. The molecule has 3 rings (SSSR count). The van der Waals surface area contributed by atoms with Crippen molar-refractivity contribution in [2.45, 2.75) is 43.7 Å². The van der Waals surface area contributed by atoms with Crippen LogP contribution in [0.5, 0.6) is 0 Å². The van der Waals surface area contributed by atoms with Gasteiger partial charge >= 0.3 is 0 Å². The maximum atomic E-state index is 12.1. The summed E-state index contributed by atoms with van der Waals surface area (Å²) >= 11 is 5.97. The lowest BCUT2D eigenvalue weighted by Gasteiger charge is -2.10. The molecule has 1 heterocycles. The maximum absolute atomic E-state index is 12.1. The highest BCUT2D eigenvalue weighted by molar-refractivity contribution is 7.89. The van der Waals surface area contributed by atoms with E-state index in [9.17, 15) is 8.42 Å². The Morgan fingerprint density at radius 3 is 2.95 bits per heavy atom. The minimum atomic E-state index is -3.22. The molecule has 116 valence electrons. The van der Waals surface area contributed by atoms with Crippen LogP contribution < -0.4 is 4.72 Å². The molecule has 0 bridgehead atoms. The molecule has 1 saturated carbocycles. The Balaban J connectivity index is 1.50. The first-order valence-electron chi connectivity index (χ1n) is 7.40. The van der Waals surface area contributed by atoms with E-state index in [0.29, 0.717) is 11.4 Å². The Morgan fingerprint density at radius 1 is 1.38 bits per heavy atom. The van der Waals surface area contributed by atoms with E-state index >= 15 is 0 Å². The van der Waals surface area contributed by atoms with E-state index in [-0.39, 0.29) is 23.8 Å². The van der Waals surface area contributed by atoms with Crippen LogP contribution in [0.4, 0.5) is 0 Å². The zero-order valence-electron chi connectivity index (χ0n) is 11.8. The van der Waals surface area contributed by atoms with Crippen molar-refractivity contribution in [3.8, 4) is 0 Å². The molecule has 0 aromatic heterocycles. The highest BCUT2D eigenvalue weighted by Gasteiger charge is 2.41. The van der Waals surface area contributed by atoms with Crippen molar-refractivity contribution < 1.29 is 13.2 Å². The van der Waals surface area contributed by atoms with E-state index in [1.807, 2.05) is 24.3 Å². The van der Waals surface area contributed by atoms with E-state index in [2.05, 4.69) is 4.72 Å². The van der Waals surface area contributed by atoms with Gasteiger partial charge in [-0.15, -0.1) is 0 Å². The molecule has 21 heavy (non-hydrogen) atoms. The Morgan fingerprint density at radius 2 is 2.24 bits per heavy atom. The largest absolute Gasteiger partial charge is 0.378 e. The summed E-state index contributed by atoms with van der Waals surface area (Å²) in [6, 6.07) is 7.65. The van der Waals surface area contributed by atoms with Gasteiger partial charge in [-0.3, -0.25) is 0 Å². The fourth-order valence-corrected chi connectivity index (χ4v) is 4.49. The van der Waals surface area contributed by atoms with Crippen molar-refractivity contribution in [2.75, 3.05) is 12.4 Å². The van der Waals surface area contributed by atoms with Crippen molar-refractivity contribution in [1.29, 1.82) is 0 Å². The molecule has 6 heteroatoms. The molecule has 1 aliphatic heterocycles. The Bertz CT molecular complexity index is 599. The van der Waals surface area contributed by atoms with Crippen LogP contribution in [-0.2, 0) is 14.8 Å². The van der Waals surface area contributed by atoms with Gasteiger partial charge < -0.3 is 4.74 Å². The van der Waals surface area contributed by atoms with Crippen LogP contribution in [0.15, 0.2) is 24.3 Å². The highest BCUT2D eigenvalue weighted by Crippen LogP contribution is 2.41. The summed E-state index contributed by atoms with van der Waals surface area (Å²) in [5.74, 6) is 0.400. The number of rotatable bonds is 6. The maximum Gasteiger partial charge on any atom is 0.211 e. The van der Waals surface area contributed by atoms with Gasteiger partial charge in [-0.05, 0) is 43.4 Å². The first-order valence-corrected chi connectivity index (χ1v) is 9.43. The van der Waals surface area contributed by atoms with Gasteiger partial charge in [0.15, 0.2) is 0 Å². The van der Waals surface area contributed by atoms with Crippen molar-refractivity contribution >= 4 is 21.6 Å². The zero-order valence-corrected chi connectivity index (χ0v) is 13.4. The molecule has 0 radical (unpaired) electrons. The van der Waals surface area contributed by atoms with E-state index in [1.54, 1.807) is 0 Å². The molecule has 1 aliphatic carbocycles. The van der Waals surface area contributed by atoms with Crippen molar-refractivity contribution in [3.05, 3.63) is 34.9 Å². The SMILES string of the molecule is O=S(=O)(CCC1CCCO1)NC1CC1c1cccc(Cl)c1. The van der Waals surface area contributed by atoms with Crippen LogP contribution in [0.2, 0.25) is 5.02 Å². The first kappa shape index (κ1) is 15.3. The number of hydrogen-bond acceptors (Lipinski definition) is 3. The standard InChI is InChI=1S/C15H20ClNO3S/c16-12-4-1-3-11(9-12)14-10-15(14)17-21(18,19)8-6-13-5-2-7-20-13/h1,3-4,9,13-15,17H,2,5-8,10H2. The lowest BCUT2D eigenvalue weighted by Crippen LogP contribution is -2.30. The second-order valence-electron chi connectivity index (χ2n) is 5.86. The summed E-state index contributed by atoms with van der Waals surface area (Å²) in [4.78, 5) is 0. The quantitative estimate of drug-likeness (QED) is 0.873. The highest BCUT2D eigenvalue weighted by atomic mass is 35.5. The van der Waals surface area contributed by atoms with Crippen LogP contribution in [0, 0.1) is 0 Å². The second kappa shape index (κ2) is 6.24. The topological polar surface area (TPSA) is 55.4 Å². The number of sulfonamides is 1. The molecule has 3 unspecified atom stereocenters. The number of benzene rings is 1. The Labute approximate surface area is 130 Å².